The molecule has 0 aliphatic heterocycles. The van der Waals surface area contributed by atoms with Crippen molar-refractivity contribution < 1.29 is 35.9 Å². The Bertz CT molecular complexity index is 6100. The molecule has 0 fully saturated rings. The molecular weight excluding hydrogens is 1350 g/mol. The van der Waals surface area contributed by atoms with E-state index < -0.39 is 0 Å². The molecule has 16 aromatic rings. The Kier molecular flexibility index (Phi) is 22.8. The summed E-state index contributed by atoms with van der Waals surface area (Å²) in [7, 11) is 8.48. The maximum atomic E-state index is 6.37. The Labute approximate surface area is 649 Å². The number of benzene rings is 4. The number of nitrogens with zero attached hydrogens (tertiary/aromatic N) is 8. The van der Waals surface area contributed by atoms with E-state index in [2.05, 4.69) is 333 Å². The van der Waals surface area contributed by atoms with Crippen LogP contribution < -0.4 is 18.3 Å². The highest BCUT2D eigenvalue weighted by Gasteiger charge is 2.27. The Morgan fingerprint density at radius 1 is 0.282 bits per heavy atom. The van der Waals surface area contributed by atoms with Gasteiger partial charge in [-0.1, -0.05) is 139 Å². The largest absolute Gasteiger partial charge is 0.437 e. The Morgan fingerprint density at radius 2 is 0.555 bits per heavy atom. The molecule has 564 valence electrons. The summed E-state index contributed by atoms with van der Waals surface area (Å²) in [5.41, 5.74) is 30.4. The SMILES string of the molecule is CCc1ccc2c(n1)oc1c(-c3ccc(CC(C)C)c[n+]3C)c(C)ccc12.Cc1ccc2c(n1)oc1c(-c3ccc(CC(C)C)c[n+]3C)c(C)ccc12.Cc1ccc2c(oc3nc(C(C)C)ccc32)c1-c1ccc(CC(C)C)c[n+]1C.Cc1ccc2c(oc3nc(CC(C)C)ccc32)c1-c1ccc(CC(C)C)c[n+]1C. The second-order valence-electron chi connectivity index (χ2n) is 33.3. The molecule has 0 radical (unpaired) electrons. The van der Waals surface area contributed by atoms with Gasteiger partial charge in [-0.3, -0.25) is 0 Å². The van der Waals surface area contributed by atoms with Crippen LogP contribution in [0.15, 0.2) is 188 Å². The number of fused-ring (bicyclic) bond motifs is 12. The number of aromatic nitrogens is 8. The van der Waals surface area contributed by atoms with Crippen molar-refractivity contribution in [3.05, 3.63) is 238 Å². The second-order valence-corrected chi connectivity index (χ2v) is 33.3. The van der Waals surface area contributed by atoms with Crippen LogP contribution in [0.25, 0.3) is 133 Å². The maximum Gasteiger partial charge on any atom is 0.227 e. The number of pyridine rings is 8. The normalized spacial score (nSPS) is 11.9. The zero-order valence-corrected chi connectivity index (χ0v) is 69.1. The van der Waals surface area contributed by atoms with Gasteiger partial charge in [0.15, 0.2) is 47.1 Å². The fraction of sp³-hybridized carbons (Fsp3) is 0.347. The van der Waals surface area contributed by atoms with Crippen LogP contribution in [-0.2, 0) is 66.7 Å². The summed E-state index contributed by atoms with van der Waals surface area (Å²) >= 11 is 0. The smallest absolute Gasteiger partial charge is 0.227 e. The van der Waals surface area contributed by atoms with E-state index in [4.69, 9.17) is 32.6 Å². The molecular formula is C98H112N8O4+4. The van der Waals surface area contributed by atoms with Crippen LogP contribution >= 0.6 is 0 Å². The molecule has 110 heavy (non-hydrogen) atoms. The highest BCUT2D eigenvalue weighted by atomic mass is 16.4. The molecule has 16 rings (SSSR count). The first-order valence-corrected chi connectivity index (χ1v) is 39.8. The summed E-state index contributed by atoms with van der Waals surface area (Å²) in [4.78, 5) is 18.8. The lowest BCUT2D eigenvalue weighted by Gasteiger charge is -2.08. The minimum atomic E-state index is 0.380. The van der Waals surface area contributed by atoms with Crippen LogP contribution in [0.2, 0.25) is 0 Å². The van der Waals surface area contributed by atoms with E-state index in [1.165, 1.54) is 61.6 Å². The summed E-state index contributed by atoms with van der Waals surface area (Å²) in [5.74, 6) is 3.54. The van der Waals surface area contributed by atoms with Gasteiger partial charge in [0.2, 0.25) is 45.6 Å². The molecule has 0 saturated carbocycles. The summed E-state index contributed by atoms with van der Waals surface area (Å²) in [6, 6.07) is 52.1. The fourth-order valence-electron chi connectivity index (χ4n) is 15.9. The molecule has 12 nitrogen and oxygen atoms in total. The number of hydrogen-bond acceptors (Lipinski definition) is 8. The fourth-order valence-corrected chi connectivity index (χ4v) is 15.9. The average Bonchev–Trinajstić information content (AvgIpc) is 1.61. The maximum absolute atomic E-state index is 6.37. The predicted octanol–water partition coefficient (Wildman–Crippen LogP) is 23.1. The van der Waals surface area contributed by atoms with Gasteiger partial charge in [-0.2, -0.15) is 0 Å². The van der Waals surface area contributed by atoms with E-state index in [-0.39, 0.29) is 0 Å². The Morgan fingerprint density at radius 3 is 0.855 bits per heavy atom. The lowest BCUT2D eigenvalue weighted by Crippen LogP contribution is -2.31. The topological polar surface area (TPSA) is 120 Å². The van der Waals surface area contributed by atoms with Gasteiger partial charge >= 0.3 is 0 Å². The van der Waals surface area contributed by atoms with Crippen LogP contribution in [0, 0.1) is 64.2 Å². The quantitative estimate of drug-likeness (QED) is 0.0878. The molecule has 0 spiro atoms. The van der Waals surface area contributed by atoms with Gasteiger partial charge in [0.25, 0.3) is 0 Å². The van der Waals surface area contributed by atoms with Crippen molar-refractivity contribution in [3.8, 4) is 45.0 Å². The van der Waals surface area contributed by atoms with Crippen molar-refractivity contribution in [1.29, 1.82) is 0 Å². The molecule has 0 aliphatic rings. The third-order valence-electron chi connectivity index (χ3n) is 21.1. The van der Waals surface area contributed by atoms with E-state index in [0.717, 1.165) is 172 Å². The van der Waals surface area contributed by atoms with Gasteiger partial charge in [-0.25, -0.2) is 38.2 Å². The van der Waals surface area contributed by atoms with Gasteiger partial charge in [0, 0.05) is 112 Å². The van der Waals surface area contributed by atoms with Crippen LogP contribution in [0.1, 0.15) is 163 Å². The molecule has 0 unspecified atom stereocenters. The van der Waals surface area contributed by atoms with Crippen molar-refractivity contribution >= 4 is 88.3 Å². The lowest BCUT2D eigenvalue weighted by molar-refractivity contribution is -0.660. The van der Waals surface area contributed by atoms with Crippen LogP contribution in [-0.4, -0.2) is 19.9 Å². The highest BCUT2D eigenvalue weighted by Crippen LogP contribution is 2.42. The second kappa shape index (κ2) is 32.5. The molecule has 0 saturated heterocycles. The lowest BCUT2D eigenvalue weighted by atomic mass is 9.99. The average molecular weight is 1470 g/mol. The van der Waals surface area contributed by atoms with Crippen LogP contribution in [0.4, 0.5) is 0 Å². The number of rotatable bonds is 16. The van der Waals surface area contributed by atoms with Gasteiger partial charge in [-0.15, -0.1) is 0 Å². The van der Waals surface area contributed by atoms with Crippen LogP contribution in [0.5, 0.6) is 0 Å². The zero-order valence-electron chi connectivity index (χ0n) is 69.1. The third-order valence-corrected chi connectivity index (χ3v) is 21.1. The van der Waals surface area contributed by atoms with Crippen molar-refractivity contribution in [2.24, 2.45) is 57.8 Å². The van der Waals surface area contributed by atoms with Crippen LogP contribution in [0.3, 0.4) is 0 Å². The van der Waals surface area contributed by atoms with Gasteiger partial charge in [-0.05, 0) is 204 Å². The minimum Gasteiger partial charge on any atom is -0.437 e. The molecule has 4 aromatic carbocycles. The van der Waals surface area contributed by atoms with E-state index >= 15 is 0 Å². The molecule has 0 atom stereocenters. The van der Waals surface area contributed by atoms with Crippen molar-refractivity contribution in [3.63, 3.8) is 0 Å². The van der Waals surface area contributed by atoms with E-state index in [1.54, 1.807) is 0 Å². The monoisotopic (exact) mass is 1460 g/mol. The number of hydrogen-bond donors (Lipinski definition) is 0. The van der Waals surface area contributed by atoms with E-state index in [0.29, 0.717) is 41.2 Å². The molecule has 0 aliphatic carbocycles. The van der Waals surface area contributed by atoms with Crippen molar-refractivity contribution in [1.82, 2.24) is 19.9 Å². The summed E-state index contributed by atoms with van der Waals surface area (Å²) in [6.45, 7) is 39.5. The minimum absolute atomic E-state index is 0.380. The van der Waals surface area contributed by atoms with E-state index in [1.807, 2.05) is 13.0 Å². The molecule has 0 N–H and O–H groups in total. The van der Waals surface area contributed by atoms with Crippen molar-refractivity contribution in [2.75, 3.05) is 0 Å². The predicted molar refractivity (Wildman–Crippen MR) is 452 cm³/mol. The van der Waals surface area contributed by atoms with Gasteiger partial charge in [0.1, 0.15) is 28.2 Å². The summed E-state index contributed by atoms with van der Waals surface area (Å²) < 4.78 is 34.1. The molecule has 12 heterocycles. The highest BCUT2D eigenvalue weighted by molar-refractivity contribution is 6.12. The standard InChI is InChI=1S/C26H31N2O.C25H29N2O.C24H27N2O.C23H25N2O/c1-16(2)13-19-8-12-23(28(6)15-19)24-18(5)7-10-21-22-11-9-20(14-17(3)4)27-26(22)29-25(21)24;1-15(2)13-18-8-12-22(27(6)14-18)23-17(5)7-9-19-20-10-11-21(16(3)4)26-25(20)28-24(19)23;1-6-18-9-11-20-19-10-7-16(4)22(23(19)27-24(20)25-18)21-12-8-17(13-15(2)3)14-26(21)5;1-14(2)12-17-8-11-20(25(5)13-17)21-15(3)6-9-18-19-10-7-16(4)24-23(19)26-22(18)21/h7-12,15-17H,13-14H2,1-6H3;7-12,14-16H,13H2,1-6H3;7-12,14-15H,6,13H2,1-5H3;6-11,13-14H,12H2,1-5H3/q4*+1. The Hall–Kier alpha value is -10.7. The molecule has 0 bridgehead atoms. The summed E-state index contributed by atoms with van der Waals surface area (Å²) in [5, 5.41) is 8.85. The first kappa shape index (κ1) is 77.4. The number of aryl methyl sites for hydroxylation is 10. The Balaban J connectivity index is 0.000000129. The molecule has 12 aromatic heterocycles. The summed E-state index contributed by atoms with van der Waals surface area (Å²) in [6.07, 6.45) is 15.2. The van der Waals surface area contributed by atoms with Crippen molar-refractivity contribution in [2.45, 2.75) is 169 Å². The van der Waals surface area contributed by atoms with Gasteiger partial charge in [0.05, 0.1) is 22.3 Å². The van der Waals surface area contributed by atoms with Gasteiger partial charge < -0.3 is 17.7 Å². The molecule has 12 heteroatoms. The zero-order chi connectivity index (χ0) is 78.3. The molecule has 0 amide bonds. The van der Waals surface area contributed by atoms with E-state index in [9.17, 15) is 0 Å². The first-order valence-electron chi connectivity index (χ1n) is 39.8. The number of furan rings is 4. The third kappa shape index (κ3) is 16.3. The first-order chi connectivity index (χ1) is 52.6.